The molecule has 1 aliphatic rings. The van der Waals surface area contributed by atoms with E-state index in [1.54, 1.807) is 0 Å². The molecule has 290 valence electrons. The van der Waals surface area contributed by atoms with Gasteiger partial charge in [0.05, 0.1) is 16.8 Å². The molecule has 0 aliphatic heterocycles. The minimum atomic E-state index is -0.493. The lowest BCUT2D eigenvalue weighted by Crippen LogP contribution is -2.29. The van der Waals surface area contributed by atoms with Gasteiger partial charge in [0.2, 0.25) is 0 Å². The predicted octanol–water partition coefficient (Wildman–Crippen LogP) is 15.5. The molecule has 9 aromatic carbocycles. The van der Waals surface area contributed by atoms with E-state index in [0.717, 1.165) is 33.6 Å². The lowest BCUT2D eigenvalue weighted by molar-refractivity contribution is 0.770. The summed E-state index contributed by atoms with van der Waals surface area (Å²) in [6.45, 7) is 0. The fourth-order valence-corrected chi connectivity index (χ4v) is 11.1. The van der Waals surface area contributed by atoms with E-state index in [1.165, 1.54) is 70.2 Å². The number of hydrogen-bond acceptors (Lipinski definition) is 3. The van der Waals surface area contributed by atoms with Crippen molar-refractivity contribution in [1.82, 2.24) is 9.97 Å². The number of thiophene rings is 1. The first-order chi connectivity index (χ1) is 30.7. The van der Waals surface area contributed by atoms with Gasteiger partial charge in [0.25, 0.3) is 0 Å². The Balaban J connectivity index is 0.990. The van der Waals surface area contributed by atoms with Gasteiger partial charge in [-0.25, -0.2) is 9.97 Å². The Hall–Kier alpha value is -7.72. The van der Waals surface area contributed by atoms with Crippen LogP contribution in [0.5, 0.6) is 0 Å². The van der Waals surface area contributed by atoms with Gasteiger partial charge in [0.1, 0.15) is 0 Å². The summed E-state index contributed by atoms with van der Waals surface area (Å²) < 4.78 is 2.61. The molecule has 1 aliphatic carbocycles. The molecule has 0 fully saturated rings. The van der Waals surface area contributed by atoms with Crippen LogP contribution in [0.15, 0.2) is 231 Å². The van der Waals surface area contributed by atoms with Gasteiger partial charge < -0.3 is 0 Å². The maximum absolute atomic E-state index is 5.23. The molecule has 0 amide bonds. The first-order valence-electron chi connectivity index (χ1n) is 21.1. The van der Waals surface area contributed by atoms with Gasteiger partial charge in [-0.2, -0.15) is 0 Å². The highest BCUT2D eigenvalue weighted by molar-refractivity contribution is 7.26. The van der Waals surface area contributed by atoms with Gasteiger partial charge in [0, 0.05) is 36.9 Å². The van der Waals surface area contributed by atoms with Gasteiger partial charge in [-0.3, -0.25) is 0 Å². The van der Waals surface area contributed by atoms with Crippen LogP contribution in [-0.4, -0.2) is 9.97 Å². The van der Waals surface area contributed by atoms with Crippen molar-refractivity contribution in [2.24, 2.45) is 0 Å². The maximum Gasteiger partial charge on any atom is 0.160 e. The van der Waals surface area contributed by atoms with E-state index in [2.05, 4.69) is 212 Å². The second kappa shape index (κ2) is 14.8. The number of benzene rings is 9. The van der Waals surface area contributed by atoms with E-state index in [0.29, 0.717) is 5.82 Å². The van der Waals surface area contributed by atoms with Gasteiger partial charge >= 0.3 is 0 Å². The SMILES string of the molecule is c1ccc(-c2nc(-c3ccc(-c4cccc5c4C(c4ccccc4)(c4ccccc4)c4ccccc4-5)cc3)cc(-c3cccc(-c4cccc5c4sc4ccccc45)c3)n2)cc1. The Morgan fingerprint density at radius 3 is 1.65 bits per heavy atom. The van der Waals surface area contributed by atoms with Crippen molar-refractivity contribution in [2.45, 2.75) is 5.41 Å². The van der Waals surface area contributed by atoms with Gasteiger partial charge in [-0.1, -0.05) is 212 Å². The summed E-state index contributed by atoms with van der Waals surface area (Å²) in [4.78, 5) is 10.4. The van der Waals surface area contributed by atoms with Crippen LogP contribution in [0.1, 0.15) is 22.3 Å². The van der Waals surface area contributed by atoms with Crippen molar-refractivity contribution in [3.8, 4) is 67.3 Å². The van der Waals surface area contributed by atoms with E-state index < -0.39 is 5.41 Å². The van der Waals surface area contributed by atoms with E-state index in [4.69, 9.17) is 9.97 Å². The summed E-state index contributed by atoms with van der Waals surface area (Å²) in [6.07, 6.45) is 0. The fourth-order valence-electron chi connectivity index (χ4n) is 9.84. The second-order valence-corrected chi connectivity index (χ2v) is 17.1. The van der Waals surface area contributed by atoms with Crippen LogP contribution in [0.4, 0.5) is 0 Å². The quantitative estimate of drug-likeness (QED) is 0.160. The van der Waals surface area contributed by atoms with Crippen LogP contribution in [0.2, 0.25) is 0 Å². The molecule has 0 atom stereocenters. The van der Waals surface area contributed by atoms with E-state index >= 15 is 0 Å². The molecule has 11 aromatic rings. The molecule has 0 bridgehead atoms. The highest BCUT2D eigenvalue weighted by atomic mass is 32.1. The Morgan fingerprint density at radius 1 is 0.339 bits per heavy atom. The van der Waals surface area contributed by atoms with Crippen molar-refractivity contribution < 1.29 is 0 Å². The Kier molecular flexibility index (Phi) is 8.62. The van der Waals surface area contributed by atoms with Gasteiger partial charge in [0.15, 0.2) is 5.82 Å². The molecule has 0 saturated heterocycles. The largest absolute Gasteiger partial charge is 0.228 e. The summed E-state index contributed by atoms with van der Waals surface area (Å²) in [6, 6.07) is 83.4. The van der Waals surface area contributed by atoms with Crippen LogP contribution in [0.3, 0.4) is 0 Å². The third-order valence-electron chi connectivity index (χ3n) is 12.6. The number of aromatic nitrogens is 2. The van der Waals surface area contributed by atoms with Crippen LogP contribution < -0.4 is 0 Å². The summed E-state index contributed by atoms with van der Waals surface area (Å²) in [5.74, 6) is 0.702. The first kappa shape index (κ1) is 36.2. The lowest BCUT2D eigenvalue weighted by Gasteiger charge is -2.35. The van der Waals surface area contributed by atoms with Gasteiger partial charge in [-0.05, 0) is 73.8 Å². The molecular weight excluding hydrogens is 769 g/mol. The zero-order chi connectivity index (χ0) is 41.0. The number of nitrogens with zero attached hydrogens (tertiary/aromatic N) is 2. The molecule has 3 heteroatoms. The third-order valence-corrected chi connectivity index (χ3v) is 13.8. The van der Waals surface area contributed by atoms with Crippen LogP contribution in [-0.2, 0) is 5.41 Å². The normalized spacial score (nSPS) is 12.6. The number of hydrogen-bond donors (Lipinski definition) is 0. The highest BCUT2D eigenvalue weighted by Crippen LogP contribution is 2.58. The molecule has 2 aromatic heterocycles. The number of fused-ring (bicyclic) bond motifs is 6. The summed E-state index contributed by atoms with van der Waals surface area (Å²) in [7, 11) is 0. The molecule has 62 heavy (non-hydrogen) atoms. The van der Waals surface area contributed by atoms with Crippen molar-refractivity contribution in [2.75, 3.05) is 0 Å². The molecule has 0 saturated carbocycles. The lowest BCUT2D eigenvalue weighted by atomic mass is 9.66. The van der Waals surface area contributed by atoms with Crippen molar-refractivity contribution in [3.05, 3.63) is 253 Å². The first-order valence-corrected chi connectivity index (χ1v) is 22.0. The predicted molar refractivity (Wildman–Crippen MR) is 259 cm³/mol. The molecular formula is C59H38N2S. The zero-order valence-corrected chi connectivity index (χ0v) is 34.6. The molecule has 0 N–H and O–H groups in total. The maximum atomic E-state index is 5.23. The summed E-state index contributed by atoms with van der Waals surface area (Å²) >= 11 is 1.86. The second-order valence-electron chi connectivity index (χ2n) is 16.0. The smallest absolute Gasteiger partial charge is 0.160 e. The standard InChI is InChI=1S/C59H38N2S/c1-4-17-41(18-5-1)58-60-53(38-54(61-58)43-20-14-19-42(37-43)47-28-16-30-51-49-26-11-13-32-55(49)62-57(47)51)40-35-33-39(34-36-40)46-27-15-29-50-48-25-10-12-31-52(48)59(56(46)50,44-21-6-2-7-22-44)45-23-8-3-9-24-45/h1-38H. The molecule has 12 rings (SSSR count). The summed E-state index contributed by atoms with van der Waals surface area (Å²) in [5, 5.41) is 2.60. The number of rotatable bonds is 7. The van der Waals surface area contributed by atoms with Gasteiger partial charge in [-0.15, -0.1) is 11.3 Å². The monoisotopic (exact) mass is 806 g/mol. The van der Waals surface area contributed by atoms with Crippen molar-refractivity contribution >= 4 is 31.5 Å². The average molecular weight is 807 g/mol. The minimum Gasteiger partial charge on any atom is -0.228 e. The Labute approximate surface area is 365 Å². The van der Waals surface area contributed by atoms with Crippen molar-refractivity contribution in [1.29, 1.82) is 0 Å². The Morgan fingerprint density at radius 2 is 0.871 bits per heavy atom. The van der Waals surface area contributed by atoms with Crippen LogP contribution in [0, 0.1) is 0 Å². The van der Waals surface area contributed by atoms with Crippen LogP contribution in [0.25, 0.3) is 87.5 Å². The van der Waals surface area contributed by atoms with E-state index in [1.807, 2.05) is 29.5 Å². The van der Waals surface area contributed by atoms with E-state index in [9.17, 15) is 0 Å². The zero-order valence-electron chi connectivity index (χ0n) is 33.7. The molecule has 0 radical (unpaired) electrons. The molecule has 2 heterocycles. The van der Waals surface area contributed by atoms with Crippen LogP contribution >= 0.6 is 11.3 Å². The minimum absolute atomic E-state index is 0.493. The molecule has 2 nitrogen and oxygen atoms in total. The van der Waals surface area contributed by atoms with E-state index in [-0.39, 0.29) is 0 Å². The van der Waals surface area contributed by atoms with Crippen molar-refractivity contribution in [3.63, 3.8) is 0 Å². The Bertz CT molecular complexity index is 3400. The summed E-state index contributed by atoms with van der Waals surface area (Å²) in [5.41, 5.74) is 16.8. The topological polar surface area (TPSA) is 25.8 Å². The molecule has 0 unspecified atom stereocenters. The molecule has 0 spiro atoms. The average Bonchev–Trinajstić information content (AvgIpc) is 3.89. The fraction of sp³-hybridized carbons (Fsp3) is 0.0169. The third kappa shape index (κ3) is 5.78. The highest BCUT2D eigenvalue weighted by Gasteiger charge is 2.47.